The molecule has 11 heteroatoms. The van der Waals surface area contributed by atoms with Crippen molar-refractivity contribution in [2.75, 3.05) is 0 Å². The summed E-state index contributed by atoms with van der Waals surface area (Å²) in [4.78, 5) is 49.9. The van der Waals surface area contributed by atoms with Gasteiger partial charge in [0.25, 0.3) is 0 Å². The topological polar surface area (TPSA) is 172 Å². The van der Waals surface area contributed by atoms with Gasteiger partial charge in [-0.25, -0.2) is 9.59 Å². The number of nitrogens with two attached hydrogens (primary N) is 1. The molecule has 0 fully saturated rings. The molecule has 0 aromatic heterocycles. The number of hydrogen-bond acceptors (Lipinski definition) is 9. The Labute approximate surface area is 157 Å². The normalized spacial score (nSPS) is 13.0. The summed E-state index contributed by atoms with van der Waals surface area (Å²) < 4.78 is 14.5. The van der Waals surface area contributed by atoms with Gasteiger partial charge in [0, 0.05) is 6.42 Å². The number of esters is 2. The van der Waals surface area contributed by atoms with E-state index < -0.39 is 47.8 Å². The molecule has 0 aromatic rings. The second kappa shape index (κ2) is 11.0. The summed E-state index contributed by atoms with van der Waals surface area (Å²) >= 11 is 0. The second-order valence-electron chi connectivity index (χ2n) is 6.87. The van der Waals surface area contributed by atoms with Crippen LogP contribution in [0.3, 0.4) is 0 Å². The van der Waals surface area contributed by atoms with Crippen LogP contribution in [0.25, 0.3) is 0 Å². The number of amides is 1. The molecule has 1 amide bonds. The van der Waals surface area contributed by atoms with Crippen molar-refractivity contribution < 1.29 is 38.2 Å². The first kappa shape index (κ1) is 24.2. The highest BCUT2D eigenvalue weighted by Crippen LogP contribution is 2.15. The van der Waals surface area contributed by atoms with Gasteiger partial charge in [-0.3, -0.25) is 15.3 Å². The van der Waals surface area contributed by atoms with Crippen molar-refractivity contribution in [3.63, 3.8) is 0 Å². The van der Waals surface area contributed by atoms with Crippen LogP contribution >= 0.6 is 0 Å². The van der Waals surface area contributed by atoms with Crippen molar-refractivity contribution in [2.24, 2.45) is 11.1 Å². The zero-order valence-corrected chi connectivity index (χ0v) is 16.1. The molecule has 11 nitrogen and oxygen atoms in total. The van der Waals surface area contributed by atoms with Gasteiger partial charge in [0.05, 0.1) is 21.8 Å². The van der Waals surface area contributed by atoms with E-state index >= 15 is 0 Å². The standard InChI is InChI=1S/C16H26N4O7/c1-9(2)25-12(22)11(7-6-10(21)8-19-18)20-15(24)27-14(17)26-13(23)16(3,4)5/h8-9,11,14,18H,6-7,17H2,1-5H3/p+1/t11-,14?/m0/s1. The molecule has 0 aliphatic heterocycles. The molecule has 0 heterocycles. The number of nitrogens with one attached hydrogen (secondary N) is 2. The Morgan fingerprint density at radius 3 is 2.22 bits per heavy atom. The van der Waals surface area contributed by atoms with Crippen LogP contribution in [0.4, 0.5) is 4.79 Å². The SMILES string of the molecule is CC(C)OC(=O)[C@H](CCC(=O)C=[N+]=N)NC(=O)OC(N)OC(=O)C(C)(C)C. The van der Waals surface area contributed by atoms with Crippen LogP contribution in [-0.4, -0.2) is 53.4 Å². The van der Waals surface area contributed by atoms with E-state index in [1.807, 2.05) is 0 Å². The molecule has 0 spiro atoms. The van der Waals surface area contributed by atoms with Gasteiger partial charge in [0.2, 0.25) is 5.78 Å². The van der Waals surface area contributed by atoms with Gasteiger partial charge in [-0.15, -0.1) is 0 Å². The third-order valence-electron chi connectivity index (χ3n) is 2.88. The molecule has 0 aliphatic rings. The number of Topliss-reactive ketones (excluding diaryl/α,β-unsaturated/α-hetero) is 1. The van der Waals surface area contributed by atoms with Crippen molar-refractivity contribution in [3.8, 4) is 0 Å². The van der Waals surface area contributed by atoms with Gasteiger partial charge < -0.3 is 19.5 Å². The molecule has 1 unspecified atom stereocenters. The number of alkyl carbamates (subject to hydrolysis) is 1. The number of nitrogens with zero attached hydrogens (tertiary/aromatic N) is 1. The first-order chi connectivity index (χ1) is 12.4. The lowest BCUT2D eigenvalue weighted by atomic mass is 9.97. The molecular weight excluding hydrogens is 360 g/mol. The van der Waals surface area contributed by atoms with Gasteiger partial charge >= 0.3 is 30.7 Å². The summed E-state index contributed by atoms with van der Waals surface area (Å²) in [5.74, 6) is -1.96. The second-order valence-corrected chi connectivity index (χ2v) is 6.87. The van der Waals surface area contributed by atoms with E-state index in [1.165, 1.54) is 0 Å². The van der Waals surface area contributed by atoms with Gasteiger partial charge in [-0.05, 0) is 41.0 Å². The van der Waals surface area contributed by atoms with E-state index in [2.05, 4.69) is 10.1 Å². The molecule has 0 saturated carbocycles. The third-order valence-corrected chi connectivity index (χ3v) is 2.88. The Balaban J connectivity index is 4.85. The maximum Gasteiger partial charge on any atom is 0.411 e. The Morgan fingerprint density at radius 1 is 1.15 bits per heavy atom. The van der Waals surface area contributed by atoms with E-state index in [1.54, 1.807) is 34.6 Å². The van der Waals surface area contributed by atoms with Crippen molar-refractivity contribution in [3.05, 3.63) is 0 Å². The summed E-state index contributed by atoms with van der Waals surface area (Å²) in [6.07, 6.45) is -2.73. The minimum Gasteiger partial charge on any atom is -0.461 e. The Hall–Kier alpha value is -2.78. The van der Waals surface area contributed by atoms with Crippen LogP contribution in [0.15, 0.2) is 0 Å². The quantitative estimate of drug-likeness (QED) is 0.169. The minimum absolute atomic E-state index is 0.109. The number of rotatable bonds is 9. The van der Waals surface area contributed by atoms with Crippen molar-refractivity contribution in [2.45, 2.75) is 66.0 Å². The largest absolute Gasteiger partial charge is 0.461 e. The first-order valence-electron chi connectivity index (χ1n) is 8.23. The van der Waals surface area contributed by atoms with Crippen LogP contribution in [0.2, 0.25) is 0 Å². The molecular formula is C16H27N4O7+. The maximum atomic E-state index is 12.1. The monoisotopic (exact) mass is 387 g/mol. The van der Waals surface area contributed by atoms with E-state index in [-0.39, 0.29) is 12.8 Å². The molecule has 2 atom stereocenters. The number of hydrogen-bond donors (Lipinski definition) is 3. The van der Waals surface area contributed by atoms with Gasteiger partial charge in [-0.1, -0.05) is 0 Å². The van der Waals surface area contributed by atoms with E-state index in [4.69, 9.17) is 25.5 Å². The van der Waals surface area contributed by atoms with Crippen LogP contribution in [-0.2, 0) is 28.6 Å². The Bertz CT molecular complexity index is 606. The van der Waals surface area contributed by atoms with Crippen molar-refractivity contribution in [1.82, 2.24) is 5.32 Å². The Kier molecular flexibility index (Phi) is 9.91. The highest BCUT2D eigenvalue weighted by molar-refractivity contribution is 6.25. The lowest BCUT2D eigenvalue weighted by Crippen LogP contribution is -2.46. The highest BCUT2D eigenvalue weighted by Gasteiger charge is 2.29. The minimum atomic E-state index is -1.67. The van der Waals surface area contributed by atoms with Gasteiger partial charge in [0.15, 0.2) is 0 Å². The van der Waals surface area contributed by atoms with Gasteiger partial charge in [-0.2, -0.15) is 0 Å². The zero-order chi connectivity index (χ0) is 21.2. The molecule has 0 rings (SSSR count). The molecule has 152 valence electrons. The van der Waals surface area contributed by atoms with E-state index in [0.29, 0.717) is 0 Å². The molecule has 27 heavy (non-hydrogen) atoms. The smallest absolute Gasteiger partial charge is 0.411 e. The van der Waals surface area contributed by atoms with Crippen LogP contribution in [0, 0.1) is 10.9 Å². The fourth-order valence-corrected chi connectivity index (χ4v) is 1.57. The fourth-order valence-electron chi connectivity index (χ4n) is 1.57. The summed E-state index contributed by atoms with van der Waals surface area (Å²) in [5.41, 5.74) is 11.2. The lowest BCUT2D eigenvalue weighted by Gasteiger charge is -2.22. The number of ether oxygens (including phenoxy) is 3. The maximum absolute atomic E-state index is 12.1. The molecule has 4 N–H and O–H groups in total. The van der Waals surface area contributed by atoms with Crippen LogP contribution < -0.4 is 11.1 Å². The number of carbonyl (C=O) groups excluding carboxylic acids is 4. The van der Waals surface area contributed by atoms with E-state index in [9.17, 15) is 19.2 Å². The summed E-state index contributed by atoms with van der Waals surface area (Å²) in [7, 11) is 0. The summed E-state index contributed by atoms with van der Waals surface area (Å²) in [6, 6.07) is -1.20. The van der Waals surface area contributed by atoms with Crippen LogP contribution in [0.5, 0.6) is 0 Å². The lowest BCUT2D eigenvalue weighted by molar-refractivity contribution is -0.176. The van der Waals surface area contributed by atoms with Crippen molar-refractivity contribution >= 4 is 30.0 Å². The predicted molar refractivity (Wildman–Crippen MR) is 91.4 cm³/mol. The predicted octanol–water partition coefficient (Wildman–Crippen LogP) is 0.524. The molecule has 0 radical (unpaired) electrons. The molecule has 0 aliphatic carbocycles. The zero-order valence-electron chi connectivity index (χ0n) is 16.1. The Morgan fingerprint density at radius 2 is 1.74 bits per heavy atom. The highest BCUT2D eigenvalue weighted by atomic mass is 16.7. The average Bonchev–Trinajstić information content (AvgIpc) is 2.49. The van der Waals surface area contributed by atoms with Crippen molar-refractivity contribution in [1.29, 1.82) is 5.53 Å². The fraction of sp³-hybridized carbons (Fsp3) is 0.688. The first-order valence-corrected chi connectivity index (χ1v) is 8.23. The molecule has 0 saturated heterocycles. The summed E-state index contributed by atoms with van der Waals surface area (Å²) in [6.45, 7) is 8.02. The molecule has 0 bridgehead atoms. The van der Waals surface area contributed by atoms with Crippen LogP contribution in [0.1, 0.15) is 47.5 Å². The third kappa shape index (κ3) is 10.7. The number of ketones is 1. The van der Waals surface area contributed by atoms with E-state index in [0.717, 1.165) is 6.21 Å². The number of carbonyl (C=O) groups is 4. The average molecular weight is 387 g/mol. The van der Waals surface area contributed by atoms with Gasteiger partial charge in [0.1, 0.15) is 6.04 Å². The summed E-state index contributed by atoms with van der Waals surface area (Å²) in [5, 5.41) is 2.21. The molecule has 0 aromatic carbocycles.